The number of rotatable bonds is 7. The summed E-state index contributed by atoms with van der Waals surface area (Å²) in [5.41, 5.74) is 1.33. The third-order valence-electron chi connectivity index (χ3n) is 6.14. The average Bonchev–Trinajstić information content (AvgIpc) is 3.17. The molecule has 1 heterocycles. The number of carbonyl (C=O) groups is 2. The molecule has 0 spiro atoms. The molecule has 3 aromatic carbocycles. The van der Waals surface area contributed by atoms with E-state index in [4.69, 9.17) is 18.9 Å². The number of hydrogen-bond acceptors (Lipinski definition) is 7. The number of aliphatic hydroxyl groups excluding tert-OH is 1. The summed E-state index contributed by atoms with van der Waals surface area (Å²) in [6.45, 7) is 1.82. The molecule has 1 amide bonds. The molecular weight excluding hydrogens is 481 g/mol. The largest absolute Gasteiger partial charge is 0.507 e. The molecule has 0 bridgehead atoms. The van der Waals surface area contributed by atoms with E-state index in [2.05, 4.69) is 0 Å². The second kappa shape index (κ2) is 10.2. The minimum absolute atomic E-state index is 0.135. The van der Waals surface area contributed by atoms with Gasteiger partial charge in [-0.2, -0.15) is 0 Å². The summed E-state index contributed by atoms with van der Waals surface area (Å²) in [6.07, 6.45) is 0. The van der Waals surface area contributed by atoms with Crippen LogP contribution in [-0.4, -0.2) is 45.2 Å². The Morgan fingerprint density at radius 1 is 0.865 bits per heavy atom. The Morgan fingerprint density at radius 3 is 2.08 bits per heavy atom. The molecule has 0 saturated carbocycles. The van der Waals surface area contributed by atoms with E-state index in [0.717, 1.165) is 16.5 Å². The fourth-order valence-electron chi connectivity index (χ4n) is 4.45. The predicted molar refractivity (Wildman–Crippen MR) is 135 cm³/mol. The molecule has 0 aliphatic carbocycles. The number of anilines is 1. The van der Waals surface area contributed by atoms with Gasteiger partial charge in [0.1, 0.15) is 17.3 Å². The van der Waals surface area contributed by atoms with Gasteiger partial charge in [0.05, 0.1) is 45.6 Å². The van der Waals surface area contributed by atoms with Crippen LogP contribution >= 0.6 is 0 Å². The van der Waals surface area contributed by atoms with Gasteiger partial charge >= 0.3 is 0 Å². The van der Waals surface area contributed by atoms with Gasteiger partial charge in [0, 0.05) is 5.69 Å². The molecular formula is C28H26FNO7. The summed E-state index contributed by atoms with van der Waals surface area (Å²) in [4.78, 5) is 28.0. The number of Topliss-reactive ketones (excluding diaryl/α,β-unsaturated/α-hetero) is 1. The quantitative estimate of drug-likeness (QED) is 0.279. The van der Waals surface area contributed by atoms with Crippen LogP contribution in [0.5, 0.6) is 23.0 Å². The third-order valence-corrected chi connectivity index (χ3v) is 6.14. The Hall–Kier alpha value is -4.53. The van der Waals surface area contributed by atoms with Crippen LogP contribution < -0.4 is 23.8 Å². The lowest BCUT2D eigenvalue weighted by atomic mass is 9.93. The Kier molecular flexibility index (Phi) is 7.06. The molecule has 1 atom stereocenters. The monoisotopic (exact) mass is 507 g/mol. The highest BCUT2D eigenvalue weighted by atomic mass is 19.1. The lowest BCUT2D eigenvalue weighted by Gasteiger charge is -2.26. The van der Waals surface area contributed by atoms with Gasteiger partial charge in [-0.1, -0.05) is 17.7 Å². The second-order valence-electron chi connectivity index (χ2n) is 8.31. The van der Waals surface area contributed by atoms with Crippen LogP contribution in [0.15, 0.2) is 60.2 Å². The summed E-state index contributed by atoms with van der Waals surface area (Å²) in [7, 11) is 5.75. The SMILES string of the molecule is COc1ccc(C)cc1/C(O)=C1\C(=O)C(=O)N(c2cccc(F)c2)C1c1cc(OC)c(OC)c(OC)c1. The van der Waals surface area contributed by atoms with Crippen molar-refractivity contribution < 1.29 is 38.0 Å². The van der Waals surface area contributed by atoms with Gasteiger partial charge < -0.3 is 24.1 Å². The molecule has 9 heteroatoms. The van der Waals surface area contributed by atoms with Crippen LogP contribution in [0.4, 0.5) is 10.1 Å². The lowest BCUT2D eigenvalue weighted by Crippen LogP contribution is -2.29. The van der Waals surface area contributed by atoms with Crippen molar-refractivity contribution in [1.29, 1.82) is 0 Å². The smallest absolute Gasteiger partial charge is 0.300 e. The van der Waals surface area contributed by atoms with Crippen molar-refractivity contribution in [3.8, 4) is 23.0 Å². The molecule has 1 N–H and O–H groups in total. The fraction of sp³-hybridized carbons (Fsp3) is 0.214. The Bertz CT molecular complexity index is 1390. The maximum atomic E-state index is 14.2. The summed E-state index contributed by atoms with van der Waals surface area (Å²) in [5, 5.41) is 11.5. The minimum atomic E-state index is -1.15. The van der Waals surface area contributed by atoms with Gasteiger partial charge in [-0.05, 0) is 55.0 Å². The Labute approximate surface area is 213 Å². The number of nitrogens with zero attached hydrogens (tertiary/aromatic N) is 1. The van der Waals surface area contributed by atoms with E-state index in [1.807, 2.05) is 6.92 Å². The number of methoxy groups -OCH3 is 4. The summed E-state index contributed by atoms with van der Waals surface area (Å²) in [5.74, 6) is -1.74. The number of halogens is 1. The highest BCUT2D eigenvalue weighted by Crippen LogP contribution is 2.47. The van der Waals surface area contributed by atoms with Crippen molar-refractivity contribution in [1.82, 2.24) is 0 Å². The van der Waals surface area contributed by atoms with Gasteiger partial charge in [0.25, 0.3) is 11.7 Å². The van der Waals surface area contributed by atoms with Gasteiger partial charge in [0.15, 0.2) is 11.5 Å². The molecule has 4 rings (SSSR count). The van der Waals surface area contributed by atoms with Crippen LogP contribution in [0.3, 0.4) is 0 Å². The number of aliphatic hydroxyl groups is 1. The van der Waals surface area contributed by atoms with Gasteiger partial charge in [-0.25, -0.2) is 4.39 Å². The average molecular weight is 508 g/mol. The molecule has 1 aliphatic heterocycles. The molecule has 0 aromatic heterocycles. The first kappa shape index (κ1) is 25.6. The summed E-state index contributed by atoms with van der Waals surface area (Å²) in [6, 6.07) is 12.4. The number of aryl methyl sites for hydroxylation is 1. The summed E-state index contributed by atoms with van der Waals surface area (Å²) >= 11 is 0. The first-order valence-corrected chi connectivity index (χ1v) is 11.3. The minimum Gasteiger partial charge on any atom is -0.507 e. The van der Waals surface area contributed by atoms with Crippen LogP contribution in [0.1, 0.15) is 22.7 Å². The van der Waals surface area contributed by atoms with Crippen LogP contribution in [0.25, 0.3) is 5.76 Å². The molecule has 3 aromatic rings. The number of carbonyl (C=O) groups excluding carboxylic acids is 2. The third kappa shape index (κ3) is 4.44. The molecule has 1 fully saturated rings. The maximum Gasteiger partial charge on any atom is 0.300 e. The zero-order valence-electron chi connectivity index (χ0n) is 21.0. The Balaban J connectivity index is 2.06. The number of benzene rings is 3. The van der Waals surface area contributed by atoms with Crippen molar-refractivity contribution in [2.45, 2.75) is 13.0 Å². The highest BCUT2D eigenvalue weighted by Gasteiger charge is 2.47. The van der Waals surface area contributed by atoms with E-state index in [9.17, 15) is 19.1 Å². The number of amides is 1. The van der Waals surface area contributed by atoms with E-state index >= 15 is 0 Å². The van der Waals surface area contributed by atoms with Gasteiger partial charge in [0.2, 0.25) is 5.75 Å². The zero-order valence-corrected chi connectivity index (χ0v) is 21.0. The standard InChI is InChI=1S/C28H26FNO7/c1-15-9-10-20(34-2)19(11-15)25(31)23-24(16-12-21(35-3)27(37-5)22(13-16)36-4)30(28(33)26(23)32)18-8-6-7-17(29)14-18/h6-14,24,31H,1-5H3/b25-23+. The molecule has 0 radical (unpaired) electrons. The molecule has 1 aliphatic rings. The molecule has 1 saturated heterocycles. The van der Waals surface area contributed by atoms with E-state index in [-0.39, 0.29) is 28.3 Å². The first-order valence-electron chi connectivity index (χ1n) is 11.3. The van der Waals surface area contributed by atoms with Crippen molar-refractivity contribution in [3.63, 3.8) is 0 Å². The molecule has 192 valence electrons. The Morgan fingerprint density at radius 2 is 1.51 bits per heavy atom. The predicted octanol–water partition coefficient (Wildman–Crippen LogP) is 4.79. The lowest BCUT2D eigenvalue weighted by molar-refractivity contribution is -0.132. The van der Waals surface area contributed by atoms with Crippen molar-refractivity contribution in [2.75, 3.05) is 33.3 Å². The number of ether oxygens (including phenoxy) is 4. The normalized spacial score (nSPS) is 16.6. The van der Waals surface area contributed by atoms with E-state index in [1.54, 1.807) is 30.3 Å². The van der Waals surface area contributed by atoms with Crippen molar-refractivity contribution >= 4 is 23.1 Å². The van der Waals surface area contributed by atoms with E-state index in [1.165, 1.54) is 46.6 Å². The highest BCUT2D eigenvalue weighted by molar-refractivity contribution is 6.51. The first-order chi connectivity index (χ1) is 17.7. The molecule has 37 heavy (non-hydrogen) atoms. The number of ketones is 1. The topological polar surface area (TPSA) is 94.5 Å². The van der Waals surface area contributed by atoms with E-state index in [0.29, 0.717) is 17.1 Å². The van der Waals surface area contributed by atoms with Crippen molar-refractivity contribution in [3.05, 3.63) is 82.7 Å². The molecule has 1 unspecified atom stereocenters. The van der Waals surface area contributed by atoms with Crippen molar-refractivity contribution in [2.24, 2.45) is 0 Å². The van der Waals surface area contributed by atoms with Crippen LogP contribution in [0, 0.1) is 12.7 Å². The molecule has 8 nitrogen and oxygen atoms in total. The van der Waals surface area contributed by atoms with Crippen LogP contribution in [0.2, 0.25) is 0 Å². The second-order valence-corrected chi connectivity index (χ2v) is 8.31. The zero-order chi connectivity index (χ0) is 26.9. The fourth-order valence-corrected chi connectivity index (χ4v) is 4.45. The maximum absolute atomic E-state index is 14.2. The summed E-state index contributed by atoms with van der Waals surface area (Å²) < 4.78 is 36.0. The van der Waals surface area contributed by atoms with Gasteiger partial charge in [-0.3, -0.25) is 14.5 Å². The van der Waals surface area contributed by atoms with Gasteiger partial charge in [-0.15, -0.1) is 0 Å². The van der Waals surface area contributed by atoms with E-state index < -0.39 is 29.3 Å². The number of hydrogen-bond donors (Lipinski definition) is 1. The van der Waals surface area contributed by atoms with Crippen LogP contribution in [-0.2, 0) is 9.59 Å².